The van der Waals surface area contributed by atoms with Crippen molar-refractivity contribution in [1.82, 2.24) is 25.2 Å². The van der Waals surface area contributed by atoms with Gasteiger partial charge in [-0.05, 0) is 60.2 Å². The molecule has 32 heavy (non-hydrogen) atoms. The Morgan fingerprint density at radius 2 is 1.75 bits per heavy atom. The molecule has 2 fully saturated rings. The minimum Gasteiger partial charge on any atom is -0.339 e. The number of aromatic nitrogens is 3. The van der Waals surface area contributed by atoms with Crippen LogP contribution >= 0.6 is 0 Å². The monoisotopic (exact) mass is 426 g/mol. The van der Waals surface area contributed by atoms with Crippen molar-refractivity contribution in [2.45, 2.75) is 6.42 Å². The second-order valence-corrected chi connectivity index (χ2v) is 8.40. The normalized spacial score (nSPS) is 20.5. The van der Waals surface area contributed by atoms with Gasteiger partial charge in [-0.3, -0.25) is 9.59 Å². The van der Waals surface area contributed by atoms with E-state index in [1.165, 1.54) is 0 Å². The number of nitriles is 1. The predicted molar refractivity (Wildman–Crippen MR) is 118 cm³/mol. The zero-order chi connectivity index (χ0) is 22.1. The van der Waals surface area contributed by atoms with Crippen molar-refractivity contribution < 1.29 is 9.59 Å². The van der Waals surface area contributed by atoms with E-state index in [4.69, 9.17) is 5.26 Å². The molecule has 0 unspecified atom stereocenters. The van der Waals surface area contributed by atoms with Gasteiger partial charge in [0.2, 0.25) is 5.91 Å². The molecule has 8 nitrogen and oxygen atoms in total. The number of likely N-dealkylation sites (tertiary alicyclic amines) is 2. The highest BCUT2D eigenvalue weighted by Crippen LogP contribution is 2.32. The van der Waals surface area contributed by atoms with E-state index in [0.29, 0.717) is 42.2 Å². The molecule has 0 spiro atoms. The number of carbonyl (C=O) groups excluding carboxylic acids is 2. The van der Waals surface area contributed by atoms with E-state index in [2.05, 4.69) is 21.5 Å². The van der Waals surface area contributed by atoms with Crippen LogP contribution in [0.1, 0.15) is 27.9 Å². The standard InChI is InChI=1S/C24H22N6O2/c25-12-17-3-1-16(2-4-17)5-8-23(31)30-13-19-9-10-29(14-20(19)15-30)24(32)18-6-7-21-22(11-18)27-28-26-21/h1-8,11,19-20H,9-10,13-15H2,(H,26,27,28)/b8-5+/t19-,20-/m1/s1. The van der Waals surface area contributed by atoms with Crippen molar-refractivity contribution in [2.24, 2.45) is 11.8 Å². The van der Waals surface area contributed by atoms with Crippen LogP contribution in [0.4, 0.5) is 0 Å². The molecule has 5 rings (SSSR count). The second kappa shape index (κ2) is 8.27. The number of nitrogens with one attached hydrogen (secondary N) is 1. The van der Waals surface area contributed by atoms with Crippen LogP contribution in [0.15, 0.2) is 48.5 Å². The minimum absolute atomic E-state index is 0.00108. The number of hydrogen-bond donors (Lipinski definition) is 1. The van der Waals surface area contributed by atoms with Gasteiger partial charge in [-0.15, -0.1) is 0 Å². The number of benzene rings is 2. The lowest BCUT2D eigenvalue weighted by atomic mass is 9.88. The van der Waals surface area contributed by atoms with E-state index in [1.807, 2.05) is 21.9 Å². The fourth-order valence-electron chi connectivity index (χ4n) is 4.63. The van der Waals surface area contributed by atoms with Gasteiger partial charge in [0.1, 0.15) is 11.0 Å². The molecule has 3 aromatic rings. The Balaban J connectivity index is 1.21. The highest BCUT2D eigenvalue weighted by molar-refractivity contribution is 5.97. The predicted octanol–water partition coefficient (Wildman–Crippen LogP) is 2.46. The molecule has 2 amide bonds. The van der Waals surface area contributed by atoms with Gasteiger partial charge in [-0.1, -0.05) is 12.1 Å². The molecular weight excluding hydrogens is 404 g/mol. The summed E-state index contributed by atoms with van der Waals surface area (Å²) in [6, 6.07) is 14.6. The van der Waals surface area contributed by atoms with Crippen molar-refractivity contribution in [3.63, 3.8) is 0 Å². The second-order valence-electron chi connectivity index (χ2n) is 8.40. The zero-order valence-corrected chi connectivity index (χ0v) is 17.4. The number of rotatable bonds is 3. The Morgan fingerprint density at radius 1 is 1.00 bits per heavy atom. The molecule has 1 N–H and O–H groups in total. The summed E-state index contributed by atoms with van der Waals surface area (Å²) >= 11 is 0. The summed E-state index contributed by atoms with van der Waals surface area (Å²) in [5, 5.41) is 19.5. The molecule has 2 aliphatic rings. The number of carbonyl (C=O) groups is 2. The van der Waals surface area contributed by atoms with Crippen molar-refractivity contribution in [2.75, 3.05) is 26.2 Å². The fourth-order valence-corrected chi connectivity index (χ4v) is 4.63. The van der Waals surface area contributed by atoms with Gasteiger partial charge in [0.05, 0.1) is 11.6 Å². The summed E-state index contributed by atoms with van der Waals surface area (Å²) in [7, 11) is 0. The van der Waals surface area contributed by atoms with Crippen molar-refractivity contribution in [1.29, 1.82) is 5.26 Å². The van der Waals surface area contributed by atoms with Crippen LogP contribution in [0.5, 0.6) is 0 Å². The summed E-state index contributed by atoms with van der Waals surface area (Å²) < 4.78 is 0. The fraction of sp³-hybridized carbons (Fsp3) is 0.292. The smallest absolute Gasteiger partial charge is 0.253 e. The average molecular weight is 426 g/mol. The SMILES string of the molecule is N#Cc1ccc(/C=C/C(=O)N2C[C@H]3CCN(C(=O)c4ccc5n[nH]nc5c4)C[C@@H]3C2)cc1. The van der Waals surface area contributed by atoms with E-state index >= 15 is 0 Å². The van der Waals surface area contributed by atoms with Crippen LogP contribution in [0.2, 0.25) is 0 Å². The third-order valence-electron chi connectivity index (χ3n) is 6.42. The quantitative estimate of drug-likeness (QED) is 0.648. The molecule has 2 aromatic carbocycles. The summed E-state index contributed by atoms with van der Waals surface area (Å²) in [5.74, 6) is 0.692. The number of aromatic amines is 1. The Bertz CT molecular complexity index is 1240. The summed E-state index contributed by atoms with van der Waals surface area (Å²) in [4.78, 5) is 29.5. The maximum atomic E-state index is 13.0. The molecule has 2 saturated heterocycles. The van der Waals surface area contributed by atoms with E-state index in [1.54, 1.807) is 42.5 Å². The van der Waals surface area contributed by atoms with Crippen LogP contribution < -0.4 is 0 Å². The summed E-state index contributed by atoms with van der Waals surface area (Å²) in [6.07, 6.45) is 4.27. The first-order valence-electron chi connectivity index (χ1n) is 10.7. The van der Waals surface area contributed by atoms with Gasteiger partial charge in [0.25, 0.3) is 5.91 Å². The van der Waals surface area contributed by atoms with E-state index in [9.17, 15) is 9.59 Å². The number of amides is 2. The van der Waals surface area contributed by atoms with Gasteiger partial charge in [0.15, 0.2) is 0 Å². The molecule has 2 atom stereocenters. The first-order chi connectivity index (χ1) is 15.6. The van der Waals surface area contributed by atoms with Crippen molar-refractivity contribution in [3.05, 3.63) is 65.2 Å². The van der Waals surface area contributed by atoms with Crippen LogP contribution in [-0.4, -0.2) is 63.2 Å². The Hall–Kier alpha value is -3.99. The van der Waals surface area contributed by atoms with Crippen molar-refractivity contribution in [3.8, 4) is 6.07 Å². The third-order valence-corrected chi connectivity index (χ3v) is 6.42. The highest BCUT2D eigenvalue weighted by atomic mass is 16.2. The largest absolute Gasteiger partial charge is 0.339 e. The van der Waals surface area contributed by atoms with Gasteiger partial charge >= 0.3 is 0 Å². The molecule has 0 aliphatic carbocycles. The summed E-state index contributed by atoms with van der Waals surface area (Å²) in [6.45, 7) is 2.74. The van der Waals surface area contributed by atoms with E-state index < -0.39 is 0 Å². The lowest BCUT2D eigenvalue weighted by molar-refractivity contribution is -0.125. The van der Waals surface area contributed by atoms with Gasteiger partial charge in [-0.25, -0.2) is 0 Å². The van der Waals surface area contributed by atoms with Crippen LogP contribution in [0.25, 0.3) is 17.1 Å². The van der Waals surface area contributed by atoms with Gasteiger partial charge < -0.3 is 9.80 Å². The first-order valence-corrected chi connectivity index (χ1v) is 10.7. The lowest BCUT2D eigenvalue weighted by Crippen LogP contribution is -2.43. The molecule has 0 bridgehead atoms. The number of fused-ring (bicyclic) bond motifs is 2. The molecule has 8 heteroatoms. The summed E-state index contributed by atoms with van der Waals surface area (Å²) in [5.41, 5.74) is 3.50. The molecule has 0 radical (unpaired) electrons. The zero-order valence-electron chi connectivity index (χ0n) is 17.4. The highest BCUT2D eigenvalue weighted by Gasteiger charge is 2.39. The van der Waals surface area contributed by atoms with Crippen LogP contribution in [0, 0.1) is 23.2 Å². The molecule has 2 aliphatic heterocycles. The average Bonchev–Trinajstić information content (AvgIpc) is 3.48. The molecule has 160 valence electrons. The van der Waals surface area contributed by atoms with Gasteiger partial charge in [0, 0.05) is 37.8 Å². The molecule has 1 aromatic heterocycles. The molecule has 3 heterocycles. The van der Waals surface area contributed by atoms with Crippen molar-refractivity contribution >= 4 is 28.9 Å². The van der Waals surface area contributed by atoms with E-state index in [0.717, 1.165) is 24.0 Å². The maximum Gasteiger partial charge on any atom is 0.253 e. The third kappa shape index (κ3) is 3.85. The number of H-pyrrole nitrogens is 1. The number of nitrogens with zero attached hydrogens (tertiary/aromatic N) is 5. The van der Waals surface area contributed by atoms with Crippen LogP contribution in [0.3, 0.4) is 0 Å². The Labute approximate surface area is 185 Å². The number of piperidine rings is 1. The first kappa shape index (κ1) is 19.9. The topological polar surface area (TPSA) is 106 Å². The Kier molecular flexibility index (Phi) is 5.15. The van der Waals surface area contributed by atoms with E-state index in [-0.39, 0.29) is 17.7 Å². The van der Waals surface area contributed by atoms with Crippen LogP contribution in [-0.2, 0) is 4.79 Å². The minimum atomic E-state index is -0.0156. The number of hydrogen-bond acceptors (Lipinski definition) is 5. The molecule has 0 saturated carbocycles. The lowest BCUT2D eigenvalue weighted by Gasteiger charge is -2.34. The maximum absolute atomic E-state index is 13.0. The molecular formula is C24H22N6O2. The Morgan fingerprint density at radius 3 is 2.56 bits per heavy atom. The van der Waals surface area contributed by atoms with Gasteiger partial charge in [-0.2, -0.15) is 20.7 Å².